The van der Waals surface area contributed by atoms with E-state index in [0.29, 0.717) is 17.1 Å². The molecule has 0 fully saturated rings. The highest BCUT2D eigenvalue weighted by Crippen LogP contribution is 2.26. The monoisotopic (exact) mass is 260 g/mol. The Bertz CT molecular complexity index is 549. The van der Waals surface area contributed by atoms with Crippen molar-refractivity contribution in [1.82, 2.24) is 0 Å². The molecule has 0 bridgehead atoms. The van der Waals surface area contributed by atoms with Crippen molar-refractivity contribution in [2.75, 3.05) is 7.11 Å². The molecule has 1 aromatic carbocycles. The quantitative estimate of drug-likeness (QED) is 0.620. The maximum Gasteiger partial charge on any atom is 0.350 e. The summed E-state index contributed by atoms with van der Waals surface area (Å²) in [5.74, 6) is -0.376. The number of thiophene rings is 1. The van der Waals surface area contributed by atoms with Crippen molar-refractivity contribution < 1.29 is 9.53 Å². The molecule has 0 N–H and O–H groups in total. The van der Waals surface area contributed by atoms with E-state index in [1.807, 2.05) is 30.3 Å². The molecule has 0 aliphatic heterocycles. The van der Waals surface area contributed by atoms with Crippen LogP contribution in [0.15, 0.2) is 52.0 Å². The van der Waals surface area contributed by atoms with Gasteiger partial charge in [-0.3, -0.25) is 0 Å². The molecule has 0 saturated heterocycles. The van der Waals surface area contributed by atoms with Gasteiger partial charge >= 0.3 is 5.97 Å². The zero-order chi connectivity index (χ0) is 12.8. The lowest BCUT2D eigenvalue weighted by Gasteiger charge is -1.96. The first-order valence-corrected chi connectivity index (χ1v) is 6.26. The van der Waals surface area contributed by atoms with Crippen molar-refractivity contribution in [1.29, 1.82) is 0 Å². The Morgan fingerprint density at radius 3 is 2.78 bits per heavy atom. The Kier molecular flexibility index (Phi) is 4.20. The first-order chi connectivity index (χ1) is 8.81. The molecular weight excluding hydrogens is 248 g/mol. The standard InChI is InChI=1S/C13H12N2O2S/c1-17-13(16)12-11(7-8-18-12)15-14-9-10-5-3-2-4-6-10/h2-8H,9H2,1H3. The molecule has 0 spiro atoms. The van der Waals surface area contributed by atoms with Crippen LogP contribution in [0.3, 0.4) is 0 Å². The molecule has 2 rings (SSSR count). The van der Waals surface area contributed by atoms with Gasteiger partial charge in [0.25, 0.3) is 0 Å². The number of rotatable bonds is 4. The van der Waals surface area contributed by atoms with Gasteiger partial charge in [-0.15, -0.1) is 11.3 Å². The minimum Gasteiger partial charge on any atom is -0.465 e. The highest BCUT2D eigenvalue weighted by Gasteiger charge is 2.12. The van der Waals surface area contributed by atoms with Gasteiger partial charge in [-0.1, -0.05) is 30.3 Å². The third-order valence-corrected chi connectivity index (χ3v) is 3.17. The predicted molar refractivity (Wildman–Crippen MR) is 70.3 cm³/mol. The number of hydrogen-bond donors (Lipinski definition) is 0. The second kappa shape index (κ2) is 6.07. The molecule has 92 valence electrons. The zero-order valence-electron chi connectivity index (χ0n) is 9.87. The summed E-state index contributed by atoms with van der Waals surface area (Å²) in [6.07, 6.45) is 0. The van der Waals surface area contributed by atoms with Gasteiger partial charge in [0.15, 0.2) is 0 Å². The number of carbonyl (C=O) groups is 1. The van der Waals surface area contributed by atoms with Crippen LogP contribution in [0.4, 0.5) is 5.69 Å². The molecule has 0 amide bonds. The Hall–Kier alpha value is -2.01. The fourth-order valence-corrected chi connectivity index (χ4v) is 2.15. The molecule has 0 aliphatic rings. The minimum atomic E-state index is -0.376. The van der Waals surface area contributed by atoms with Crippen molar-refractivity contribution in [2.45, 2.75) is 6.54 Å². The van der Waals surface area contributed by atoms with Crippen LogP contribution in [0, 0.1) is 0 Å². The zero-order valence-corrected chi connectivity index (χ0v) is 10.7. The van der Waals surface area contributed by atoms with Gasteiger partial charge in [0.2, 0.25) is 0 Å². The number of nitrogens with zero attached hydrogens (tertiary/aromatic N) is 2. The molecule has 0 saturated carbocycles. The molecule has 0 unspecified atom stereocenters. The number of hydrogen-bond acceptors (Lipinski definition) is 5. The lowest BCUT2D eigenvalue weighted by molar-refractivity contribution is 0.0607. The normalized spacial score (nSPS) is 10.7. The van der Waals surface area contributed by atoms with E-state index < -0.39 is 0 Å². The highest BCUT2D eigenvalue weighted by molar-refractivity contribution is 7.12. The van der Waals surface area contributed by atoms with Crippen LogP contribution in [-0.4, -0.2) is 13.1 Å². The maximum absolute atomic E-state index is 11.4. The molecule has 5 heteroatoms. The second-order valence-corrected chi connectivity index (χ2v) is 4.43. The Morgan fingerprint density at radius 2 is 2.06 bits per heavy atom. The van der Waals surface area contributed by atoms with Gasteiger partial charge in [-0.25, -0.2) is 4.79 Å². The van der Waals surface area contributed by atoms with Gasteiger partial charge in [-0.05, 0) is 17.0 Å². The summed E-state index contributed by atoms with van der Waals surface area (Å²) in [7, 11) is 1.35. The molecule has 1 heterocycles. The van der Waals surface area contributed by atoms with Gasteiger partial charge in [-0.2, -0.15) is 10.2 Å². The van der Waals surface area contributed by atoms with E-state index >= 15 is 0 Å². The van der Waals surface area contributed by atoms with Gasteiger partial charge in [0.05, 0.1) is 13.7 Å². The van der Waals surface area contributed by atoms with E-state index in [1.54, 1.807) is 11.4 Å². The number of ether oxygens (including phenoxy) is 1. The fraction of sp³-hybridized carbons (Fsp3) is 0.154. The van der Waals surface area contributed by atoms with Crippen LogP contribution in [-0.2, 0) is 11.3 Å². The third kappa shape index (κ3) is 3.01. The molecule has 0 aliphatic carbocycles. The second-order valence-electron chi connectivity index (χ2n) is 3.51. The van der Waals surface area contributed by atoms with Crippen molar-refractivity contribution in [3.63, 3.8) is 0 Å². The molecular formula is C13H12N2O2S. The molecule has 2 aromatic rings. The molecule has 4 nitrogen and oxygen atoms in total. The molecule has 0 atom stereocenters. The van der Waals surface area contributed by atoms with Crippen molar-refractivity contribution in [2.24, 2.45) is 10.2 Å². The number of azo groups is 1. The smallest absolute Gasteiger partial charge is 0.350 e. The summed E-state index contributed by atoms with van der Waals surface area (Å²) in [6.45, 7) is 0.497. The molecule has 0 radical (unpaired) electrons. The average molecular weight is 260 g/mol. The Labute approximate surface area is 109 Å². The first-order valence-electron chi connectivity index (χ1n) is 5.38. The summed E-state index contributed by atoms with van der Waals surface area (Å²) >= 11 is 1.30. The summed E-state index contributed by atoms with van der Waals surface area (Å²) in [5.41, 5.74) is 1.64. The van der Waals surface area contributed by atoms with E-state index in [4.69, 9.17) is 0 Å². The van der Waals surface area contributed by atoms with Gasteiger partial charge in [0, 0.05) is 0 Å². The minimum absolute atomic E-state index is 0.376. The van der Waals surface area contributed by atoms with Crippen LogP contribution < -0.4 is 0 Å². The van der Waals surface area contributed by atoms with E-state index in [2.05, 4.69) is 15.0 Å². The van der Waals surface area contributed by atoms with Crippen LogP contribution >= 0.6 is 11.3 Å². The summed E-state index contributed by atoms with van der Waals surface area (Å²) < 4.78 is 4.67. The summed E-state index contributed by atoms with van der Waals surface area (Å²) in [6, 6.07) is 11.6. The summed E-state index contributed by atoms with van der Waals surface area (Å²) in [5, 5.41) is 9.95. The molecule has 1 aromatic heterocycles. The van der Waals surface area contributed by atoms with E-state index in [-0.39, 0.29) is 5.97 Å². The third-order valence-electron chi connectivity index (χ3n) is 2.29. The fourth-order valence-electron chi connectivity index (χ4n) is 1.40. The van der Waals surface area contributed by atoms with E-state index in [9.17, 15) is 4.79 Å². The van der Waals surface area contributed by atoms with Crippen molar-refractivity contribution in [3.05, 3.63) is 52.2 Å². The predicted octanol–water partition coefficient (Wildman–Crippen LogP) is 3.82. The lowest BCUT2D eigenvalue weighted by Crippen LogP contribution is -1.97. The van der Waals surface area contributed by atoms with Crippen LogP contribution in [0.2, 0.25) is 0 Å². The topological polar surface area (TPSA) is 51.0 Å². The number of carbonyl (C=O) groups excluding carboxylic acids is 1. The largest absolute Gasteiger partial charge is 0.465 e. The first kappa shape index (κ1) is 12.4. The van der Waals surface area contributed by atoms with Crippen molar-refractivity contribution >= 4 is 23.0 Å². The van der Waals surface area contributed by atoms with Gasteiger partial charge < -0.3 is 4.74 Å². The Balaban J connectivity index is 2.06. The van der Waals surface area contributed by atoms with Crippen LogP contribution in [0.1, 0.15) is 15.2 Å². The van der Waals surface area contributed by atoms with Crippen LogP contribution in [0.25, 0.3) is 0 Å². The SMILES string of the molecule is COC(=O)c1sccc1N=NCc1ccccc1. The van der Waals surface area contributed by atoms with Crippen LogP contribution in [0.5, 0.6) is 0 Å². The van der Waals surface area contributed by atoms with Gasteiger partial charge in [0.1, 0.15) is 10.6 Å². The number of benzene rings is 1. The number of esters is 1. The maximum atomic E-state index is 11.4. The van der Waals surface area contributed by atoms with E-state index in [0.717, 1.165) is 5.56 Å². The average Bonchev–Trinajstić information content (AvgIpc) is 2.87. The number of methoxy groups -OCH3 is 1. The van der Waals surface area contributed by atoms with Crippen molar-refractivity contribution in [3.8, 4) is 0 Å². The Morgan fingerprint density at radius 1 is 1.28 bits per heavy atom. The summed E-state index contributed by atoms with van der Waals surface area (Å²) in [4.78, 5) is 11.9. The lowest BCUT2D eigenvalue weighted by atomic mass is 10.2. The van der Waals surface area contributed by atoms with E-state index in [1.165, 1.54) is 18.4 Å². The molecule has 18 heavy (non-hydrogen) atoms. The highest BCUT2D eigenvalue weighted by atomic mass is 32.1.